The Labute approximate surface area is 143 Å². The molecule has 5 nitrogen and oxygen atoms in total. The van der Waals surface area contributed by atoms with Crippen molar-refractivity contribution in [2.24, 2.45) is 0 Å². The predicted molar refractivity (Wildman–Crippen MR) is 94.1 cm³/mol. The Hall–Kier alpha value is -2.36. The zero-order chi connectivity index (χ0) is 17.4. The molecule has 0 saturated heterocycles. The third kappa shape index (κ3) is 6.41. The van der Waals surface area contributed by atoms with Crippen LogP contribution in [0.25, 0.3) is 0 Å². The van der Waals surface area contributed by atoms with E-state index in [1.54, 1.807) is 12.3 Å². The van der Waals surface area contributed by atoms with Gasteiger partial charge in [0.25, 0.3) is 0 Å². The van der Waals surface area contributed by atoms with Gasteiger partial charge in [-0.05, 0) is 31.5 Å². The van der Waals surface area contributed by atoms with Gasteiger partial charge in [0.15, 0.2) is 0 Å². The Balaban J connectivity index is 1.76. The van der Waals surface area contributed by atoms with Gasteiger partial charge >= 0.3 is 0 Å². The van der Waals surface area contributed by atoms with Gasteiger partial charge in [-0.2, -0.15) is 0 Å². The zero-order valence-electron chi connectivity index (χ0n) is 13.7. The molecule has 0 fully saturated rings. The first-order chi connectivity index (χ1) is 11.4. The number of benzene rings is 1. The number of aryl methyl sites for hydroxylation is 2. The van der Waals surface area contributed by atoms with Crippen molar-refractivity contribution < 1.29 is 13.2 Å². The standard InChI is InChI=1S/C18H20N2O3S/c1-15-6-5-7-17(12-15)14-24(21,22)20-10-3-4-11-23-18-9-8-16(2)19-13-18/h5-9,12-13,20H,10-11,14H2,1-2H3. The summed E-state index contributed by atoms with van der Waals surface area (Å²) >= 11 is 0. The third-order valence-electron chi connectivity index (χ3n) is 3.14. The maximum atomic E-state index is 12.0. The van der Waals surface area contributed by atoms with E-state index in [-0.39, 0.29) is 18.9 Å². The minimum absolute atomic E-state index is 0.0537. The Bertz CT molecular complexity index is 835. The smallest absolute Gasteiger partial charge is 0.216 e. The molecule has 0 bridgehead atoms. The van der Waals surface area contributed by atoms with E-state index >= 15 is 0 Å². The van der Waals surface area contributed by atoms with Gasteiger partial charge in [0.05, 0.1) is 18.5 Å². The van der Waals surface area contributed by atoms with Crippen LogP contribution in [0.15, 0.2) is 42.6 Å². The Kier molecular flexibility index (Phi) is 6.36. The highest BCUT2D eigenvalue weighted by molar-refractivity contribution is 7.88. The summed E-state index contributed by atoms with van der Waals surface area (Å²) in [6.07, 6.45) is 1.63. The summed E-state index contributed by atoms with van der Waals surface area (Å²) in [4.78, 5) is 4.11. The van der Waals surface area contributed by atoms with Crippen LogP contribution in [-0.2, 0) is 15.8 Å². The molecule has 6 heteroatoms. The second-order valence-electron chi connectivity index (χ2n) is 5.35. The molecule has 0 spiro atoms. The van der Waals surface area contributed by atoms with E-state index in [1.165, 1.54) is 0 Å². The lowest BCUT2D eigenvalue weighted by atomic mass is 10.2. The number of nitrogens with zero attached hydrogens (tertiary/aromatic N) is 1. The maximum Gasteiger partial charge on any atom is 0.216 e. The number of rotatable bonds is 6. The molecule has 1 N–H and O–H groups in total. The molecule has 0 radical (unpaired) electrons. The fourth-order valence-electron chi connectivity index (χ4n) is 1.99. The van der Waals surface area contributed by atoms with E-state index in [9.17, 15) is 8.42 Å². The SMILES string of the molecule is Cc1cccc(CS(=O)(=O)NCC#CCOc2ccc(C)nc2)c1. The van der Waals surface area contributed by atoms with Crippen LogP contribution in [0.3, 0.4) is 0 Å². The molecule has 2 aromatic rings. The summed E-state index contributed by atoms with van der Waals surface area (Å²) in [5, 5.41) is 0. The second-order valence-corrected chi connectivity index (χ2v) is 7.15. The summed E-state index contributed by atoms with van der Waals surface area (Å²) in [5.41, 5.74) is 2.70. The van der Waals surface area contributed by atoms with Crippen LogP contribution in [0, 0.1) is 25.7 Å². The molecule has 0 atom stereocenters. The van der Waals surface area contributed by atoms with Crippen molar-refractivity contribution in [3.8, 4) is 17.6 Å². The lowest BCUT2D eigenvalue weighted by Crippen LogP contribution is -2.25. The Morgan fingerprint density at radius 2 is 2.00 bits per heavy atom. The fourth-order valence-corrected chi connectivity index (χ4v) is 3.00. The highest BCUT2D eigenvalue weighted by Crippen LogP contribution is 2.08. The topological polar surface area (TPSA) is 68.3 Å². The van der Waals surface area contributed by atoms with Crippen LogP contribution in [0.1, 0.15) is 16.8 Å². The first-order valence-electron chi connectivity index (χ1n) is 7.49. The van der Waals surface area contributed by atoms with Gasteiger partial charge in [-0.1, -0.05) is 41.7 Å². The third-order valence-corrected chi connectivity index (χ3v) is 4.44. The Morgan fingerprint density at radius 3 is 2.71 bits per heavy atom. The van der Waals surface area contributed by atoms with Crippen LogP contribution in [0.2, 0.25) is 0 Å². The molecular weight excluding hydrogens is 324 g/mol. The van der Waals surface area contributed by atoms with Crippen molar-refractivity contribution >= 4 is 10.0 Å². The maximum absolute atomic E-state index is 12.0. The van der Waals surface area contributed by atoms with Gasteiger partial charge < -0.3 is 4.74 Å². The van der Waals surface area contributed by atoms with Gasteiger partial charge in [0, 0.05) is 5.69 Å². The van der Waals surface area contributed by atoms with Crippen molar-refractivity contribution in [1.29, 1.82) is 0 Å². The molecule has 1 heterocycles. The summed E-state index contributed by atoms with van der Waals surface area (Å²) in [6, 6.07) is 11.1. The van der Waals surface area contributed by atoms with E-state index in [2.05, 4.69) is 21.5 Å². The number of hydrogen-bond acceptors (Lipinski definition) is 4. The first-order valence-corrected chi connectivity index (χ1v) is 9.14. The molecule has 126 valence electrons. The monoisotopic (exact) mass is 344 g/mol. The van der Waals surface area contributed by atoms with Crippen LogP contribution in [0.5, 0.6) is 5.75 Å². The number of sulfonamides is 1. The minimum atomic E-state index is -3.40. The largest absolute Gasteiger partial charge is 0.479 e. The molecule has 24 heavy (non-hydrogen) atoms. The predicted octanol–water partition coefficient (Wildman–Crippen LogP) is 2.20. The summed E-state index contributed by atoms with van der Waals surface area (Å²) in [7, 11) is -3.40. The number of aromatic nitrogens is 1. The number of ether oxygens (including phenoxy) is 1. The normalized spacial score (nSPS) is 10.8. The molecule has 1 aromatic carbocycles. The van der Waals surface area contributed by atoms with Crippen LogP contribution >= 0.6 is 0 Å². The molecule has 0 amide bonds. The van der Waals surface area contributed by atoms with Gasteiger partial charge in [0.1, 0.15) is 12.4 Å². The highest BCUT2D eigenvalue weighted by atomic mass is 32.2. The number of hydrogen-bond donors (Lipinski definition) is 1. The average Bonchev–Trinajstić information content (AvgIpc) is 2.52. The van der Waals surface area contributed by atoms with Crippen molar-refractivity contribution in [3.05, 3.63) is 59.4 Å². The molecule has 0 aliphatic rings. The average molecular weight is 344 g/mol. The lowest BCUT2D eigenvalue weighted by molar-refractivity contribution is 0.368. The minimum Gasteiger partial charge on any atom is -0.479 e. The zero-order valence-corrected chi connectivity index (χ0v) is 14.6. The second kappa shape index (κ2) is 8.48. The summed E-state index contributed by atoms with van der Waals surface area (Å²) in [5.74, 6) is 6.08. The van der Waals surface area contributed by atoms with Crippen molar-refractivity contribution in [2.45, 2.75) is 19.6 Å². The molecular formula is C18H20N2O3S. The lowest BCUT2D eigenvalue weighted by Gasteiger charge is -2.05. The summed E-state index contributed by atoms with van der Waals surface area (Å²) in [6.45, 7) is 4.07. The molecule has 0 unspecified atom stereocenters. The Morgan fingerprint density at radius 1 is 1.17 bits per heavy atom. The first kappa shape index (κ1) is 18.0. The van der Waals surface area contributed by atoms with Gasteiger partial charge in [0.2, 0.25) is 10.0 Å². The molecule has 0 saturated carbocycles. The van der Waals surface area contributed by atoms with E-state index in [0.717, 1.165) is 16.8 Å². The van der Waals surface area contributed by atoms with Crippen molar-refractivity contribution in [1.82, 2.24) is 9.71 Å². The van der Waals surface area contributed by atoms with Gasteiger partial charge in [-0.25, -0.2) is 13.1 Å². The number of pyridine rings is 1. The molecule has 0 aliphatic heterocycles. The van der Waals surface area contributed by atoms with E-state index < -0.39 is 10.0 Å². The van der Waals surface area contributed by atoms with Crippen LogP contribution in [-0.4, -0.2) is 26.6 Å². The van der Waals surface area contributed by atoms with Crippen LogP contribution in [0.4, 0.5) is 0 Å². The van der Waals surface area contributed by atoms with Crippen molar-refractivity contribution in [2.75, 3.05) is 13.2 Å². The van der Waals surface area contributed by atoms with E-state index in [1.807, 2.05) is 44.2 Å². The molecule has 1 aromatic heterocycles. The van der Waals surface area contributed by atoms with Gasteiger partial charge in [-0.15, -0.1) is 0 Å². The summed E-state index contributed by atoms with van der Waals surface area (Å²) < 4.78 is 31.8. The number of nitrogens with one attached hydrogen (secondary N) is 1. The van der Waals surface area contributed by atoms with E-state index in [4.69, 9.17) is 4.74 Å². The van der Waals surface area contributed by atoms with E-state index in [0.29, 0.717) is 5.75 Å². The molecule has 2 rings (SSSR count). The fraction of sp³-hybridized carbons (Fsp3) is 0.278. The van der Waals surface area contributed by atoms with Gasteiger partial charge in [-0.3, -0.25) is 4.98 Å². The highest BCUT2D eigenvalue weighted by Gasteiger charge is 2.09. The van der Waals surface area contributed by atoms with Crippen LogP contribution < -0.4 is 9.46 Å². The molecule has 0 aliphatic carbocycles. The van der Waals surface area contributed by atoms with Crippen molar-refractivity contribution in [3.63, 3.8) is 0 Å². The quantitative estimate of drug-likeness (QED) is 0.816.